The van der Waals surface area contributed by atoms with Crippen LogP contribution in [0.25, 0.3) is 0 Å². The summed E-state index contributed by atoms with van der Waals surface area (Å²) in [7, 11) is 0. The summed E-state index contributed by atoms with van der Waals surface area (Å²) >= 11 is 1.51. The molecule has 3 rings (SSSR count). The highest BCUT2D eigenvalue weighted by atomic mass is 32.1. The Labute approximate surface area is 121 Å². The van der Waals surface area contributed by atoms with E-state index in [9.17, 15) is 10.4 Å². The Hall–Kier alpha value is -1.69. The Morgan fingerprint density at radius 1 is 1.25 bits per heavy atom. The van der Waals surface area contributed by atoms with Crippen LogP contribution < -0.4 is 0 Å². The average Bonchev–Trinajstić information content (AvgIpc) is 3.05. The fraction of sp³-hybridized carbons (Fsp3) is 0.267. The van der Waals surface area contributed by atoms with E-state index in [-0.39, 0.29) is 6.04 Å². The number of hydrogen-bond acceptors (Lipinski definition) is 4. The van der Waals surface area contributed by atoms with Crippen molar-refractivity contribution in [3.63, 3.8) is 0 Å². The van der Waals surface area contributed by atoms with Crippen molar-refractivity contribution >= 4 is 17.0 Å². The molecule has 0 fully saturated rings. The summed E-state index contributed by atoms with van der Waals surface area (Å²) in [4.78, 5) is 0.895. The molecular weight excluding hydrogens is 272 g/mol. The van der Waals surface area contributed by atoms with Crippen LogP contribution in [0.5, 0.6) is 0 Å². The molecule has 1 N–H and O–H groups in total. The second-order valence-corrected chi connectivity index (χ2v) is 6.01. The van der Waals surface area contributed by atoms with Crippen molar-refractivity contribution < 1.29 is 9.95 Å². The standard InChI is InChI=1S/C15H16N2O2S/c1-11-14(13-9-6-10-20-13)17(19)15(2,16(11)18)12-7-4-3-5-8-12/h3-11,18H,1-2H3/t11-,15-/m1/s1. The zero-order chi connectivity index (χ0) is 14.3. The van der Waals surface area contributed by atoms with Crippen molar-refractivity contribution in [3.8, 4) is 0 Å². The number of benzene rings is 1. The van der Waals surface area contributed by atoms with E-state index < -0.39 is 5.66 Å². The highest BCUT2D eigenvalue weighted by Crippen LogP contribution is 2.36. The topological polar surface area (TPSA) is 49.5 Å². The lowest BCUT2D eigenvalue weighted by atomic mass is 10.0. The molecule has 0 saturated carbocycles. The molecule has 0 spiro atoms. The fourth-order valence-electron chi connectivity index (χ4n) is 2.72. The van der Waals surface area contributed by atoms with Gasteiger partial charge in [0, 0.05) is 12.5 Å². The molecule has 20 heavy (non-hydrogen) atoms. The molecule has 0 amide bonds. The summed E-state index contributed by atoms with van der Waals surface area (Å²) in [5, 5.41) is 26.4. The van der Waals surface area contributed by atoms with Gasteiger partial charge in [-0.1, -0.05) is 36.4 Å². The SMILES string of the molecule is C[C@@H]1C(c2cccs2)=[N+]([O-])[C@](C)(c2ccccc2)N1O. The van der Waals surface area contributed by atoms with E-state index in [1.165, 1.54) is 11.3 Å². The van der Waals surface area contributed by atoms with Crippen molar-refractivity contribution in [2.24, 2.45) is 0 Å². The van der Waals surface area contributed by atoms with Crippen molar-refractivity contribution in [1.29, 1.82) is 0 Å². The van der Waals surface area contributed by atoms with Gasteiger partial charge in [0.25, 0.3) is 5.66 Å². The number of hydroxylamine groups is 3. The Kier molecular flexibility index (Phi) is 3.12. The quantitative estimate of drug-likeness (QED) is 0.682. The second-order valence-electron chi connectivity index (χ2n) is 5.06. The van der Waals surface area contributed by atoms with E-state index in [2.05, 4.69) is 0 Å². The normalized spacial score (nSPS) is 27.2. The Morgan fingerprint density at radius 3 is 2.55 bits per heavy atom. The van der Waals surface area contributed by atoms with E-state index in [0.717, 1.165) is 20.2 Å². The van der Waals surface area contributed by atoms with Crippen molar-refractivity contribution in [1.82, 2.24) is 5.06 Å². The monoisotopic (exact) mass is 288 g/mol. The maximum atomic E-state index is 12.8. The molecular formula is C15H16N2O2S. The van der Waals surface area contributed by atoms with Crippen molar-refractivity contribution in [3.05, 3.63) is 63.5 Å². The van der Waals surface area contributed by atoms with Crippen LogP contribution in [0.1, 0.15) is 24.3 Å². The number of hydrogen-bond donors (Lipinski definition) is 1. The van der Waals surface area contributed by atoms with Crippen LogP contribution in [0.15, 0.2) is 47.8 Å². The highest BCUT2D eigenvalue weighted by molar-refractivity contribution is 7.12. The van der Waals surface area contributed by atoms with Crippen LogP contribution in [-0.4, -0.2) is 26.8 Å². The van der Waals surface area contributed by atoms with Gasteiger partial charge >= 0.3 is 0 Å². The molecule has 0 radical (unpaired) electrons. The first-order valence-electron chi connectivity index (χ1n) is 6.48. The van der Waals surface area contributed by atoms with Gasteiger partial charge in [0.05, 0.1) is 4.88 Å². The molecule has 0 saturated heterocycles. The minimum atomic E-state index is -1.10. The molecule has 1 aliphatic rings. The van der Waals surface area contributed by atoms with E-state index >= 15 is 0 Å². The molecule has 0 unspecified atom stereocenters. The molecule has 2 aromatic rings. The Bertz CT molecular complexity index is 639. The molecule has 1 aromatic heterocycles. The molecule has 1 aromatic carbocycles. The summed E-state index contributed by atoms with van der Waals surface area (Å²) in [6, 6.07) is 12.8. The predicted molar refractivity (Wildman–Crippen MR) is 78.9 cm³/mol. The number of rotatable bonds is 2. The fourth-order valence-corrected chi connectivity index (χ4v) is 3.56. The summed E-state index contributed by atoms with van der Waals surface area (Å²) in [5.41, 5.74) is 0.282. The van der Waals surface area contributed by atoms with Gasteiger partial charge < -0.3 is 10.4 Å². The molecule has 0 bridgehead atoms. The van der Waals surface area contributed by atoms with Crippen LogP contribution in [0.4, 0.5) is 0 Å². The van der Waals surface area contributed by atoms with E-state index in [4.69, 9.17) is 0 Å². The van der Waals surface area contributed by atoms with Gasteiger partial charge in [-0.05, 0) is 18.4 Å². The first kappa shape index (κ1) is 13.3. The summed E-state index contributed by atoms with van der Waals surface area (Å²) in [6.45, 7) is 3.58. The third-order valence-electron chi connectivity index (χ3n) is 3.92. The van der Waals surface area contributed by atoms with Gasteiger partial charge in [-0.25, -0.2) is 0 Å². The van der Waals surface area contributed by atoms with Gasteiger partial charge in [-0.15, -0.1) is 16.4 Å². The van der Waals surface area contributed by atoms with Crippen LogP contribution >= 0.6 is 11.3 Å². The van der Waals surface area contributed by atoms with E-state index in [1.54, 1.807) is 6.92 Å². The molecule has 5 heteroatoms. The van der Waals surface area contributed by atoms with Crippen LogP contribution in [0, 0.1) is 5.21 Å². The third kappa shape index (κ3) is 1.71. The second kappa shape index (κ2) is 4.70. The lowest BCUT2D eigenvalue weighted by Crippen LogP contribution is -2.45. The first-order chi connectivity index (χ1) is 9.56. The lowest BCUT2D eigenvalue weighted by Gasteiger charge is -2.29. The minimum absolute atomic E-state index is 0.351. The zero-order valence-corrected chi connectivity index (χ0v) is 12.2. The van der Waals surface area contributed by atoms with E-state index in [0.29, 0.717) is 5.71 Å². The minimum Gasteiger partial charge on any atom is -0.622 e. The van der Waals surface area contributed by atoms with Crippen molar-refractivity contribution in [2.45, 2.75) is 25.6 Å². The molecule has 2 atom stereocenters. The smallest absolute Gasteiger partial charge is 0.274 e. The van der Waals surface area contributed by atoms with E-state index in [1.807, 2.05) is 54.8 Å². The maximum Gasteiger partial charge on any atom is 0.274 e. The Balaban J connectivity index is 2.18. The molecule has 0 aliphatic carbocycles. The summed E-state index contributed by atoms with van der Waals surface area (Å²) < 4.78 is 0.929. The Morgan fingerprint density at radius 2 is 1.95 bits per heavy atom. The molecule has 104 valence electrons. The first-order valence-corrected chi connectivity index (χ1v) is 7.36. The van der Waals surface area contributed by atoms with Gasteiger partial charge in [0.2, 0.25) is 5.71 Å². The summed E-state index contributed by atoms with van der Waals surface area (Å²) in [5.74, 6) is 0. The predicted octanol–water partition coefficient (Wildman–Crippen LogP) is 3.01. The van der Waals surface area contributed by atoms with Gasteiger partial charge in [-0.2, -0.15) is 4.74 Å². The average molecular weight is 288 g/mol. The number of nitrogens with zero attached hydrogens (tertiary/aromatic N) is 2. The van der Waals surface area contributed by atoms with Crippen LogP contribution in [-0.2, 0) is 5.66 Å². The molecule has 1 aliphatic heterocycles. The summed E-state index contributed by atoms with van der Waals surface area (Å²) in [6.07, 6.45) is 0. The van der Waals surface area contributed by atoms with Gasteiger partial charge in [-0.3, -0.25) is 0 Å². The van der Waals surface area contributed by atoms with Crippen molar-refractivity contribution in [2.75, 3.05) is 0 Å². The van der Waals surface area contributed by atoms with Crippen LogP contribution in [0.2, 0.25) is 0 Å². The van der Waals surface area contributed by atoms with Crippen LogP contribution in [0.3, 0.4) is 0 Å². The zero-order valence-electron chi connectivity index (χ0n) is 11.4. The molecule has 4 nitrogen and oxygen atoms in total. The van der Waals surface area contributed by atoms with Gasteiger partial charge in [0.1, 0.15) is 6.04 Å². The number of thiophene rings is 1. The maximum absolute atomic E-state index is 12.8. The lowest BCUT2D eigenvalue weighted by molar-refractivity contribution is -0.595. The largest absolute Gasteiger partial charge is 0.622 e. The molecule has 2 heterocycles. The van der Waals surface area contributed by atoms with Gasteiger partial charge in [0.15, 0.2) is 0 Å². The third-order valence-corrected chi connectivity index (χ3v) is 4.81. The highest BCUT2D eigenvalue weighted by Gasteiger charge is 2.54.